The maximum Gasteiger partial charge on any atom is 0.357 e. The van der Waals surface area contributed by atoms with Crippen molar-refractivity contribution in [3.05, 3.63) is 17.0 Å². The van der Waals surface area contributed by atoms with E-state index in [1.807, 2.05) is 0 Å². The summed E-state index contributed by atoms with van der Waals surface area (Å²) in [7, 11) is 3.08. The summed E-state index contributed by atoms with van der Waals surface area (Å²) in [6.07, 6.45) is 0.802. The third-order valence-electron chi connectivity index (χ3n) is 2.54. The van der Waals surface area contributed by atoms with Crippen molar-refractivity contribution in [3.8, 4) is 0 Å². The van der Waals surface area contributed by atoms with Crippen LogP contribution in [0.3, 0.4) is 0 Å². The van der Waals surface area contributed by atoms with Crippen molar-refractivity contribution in [1.29, 1.82) is 0 Å². The van der Waals surface area contributed by atoms with Crippen molar-refractivity contribution >= 4 is 11.9 Å². The third-order valence-corrected chi connectivity index (χ3v) is 2.54. The molecule has 0 saturated heterocycles. The van der Waals surface area contributed by atoms with E-state index >= 15 is 0 Å². The Hall–Kier alpha value is -1.69. The van der Waals surface area contributed by atoms with Crippen LogP contribution in [0.25, 0.3) is 0 Å². The fourth-order valence-electron chi connectivity index (χ4n) is 1.72. The number of methoxy groups -OCH3 is 1. The molecule has 86 valence electrons. The zero-order chi connectivity index (χ0) is 11.5. The number of rotatable bonds is 2. The molecule has 0 amide bonds. The van der Waals surface area contributed by atoms with Gasteiger partial charge in [0.05, 0.1) is 12.8 Å². The van der Waals surface area contributed by atoms with Crippen molar-refractivity contribution in [2.45, 2.75) is 13.0 Å². The predicted molar refractivity (Wildman–Crippen MR) is 58.3 cm³/mol. The van der Waals surface area contributed by atoms with Crippen LogP contribution in [0.5, 0.6) is 0 Å². The van der Waals surface area contributed by atoms with Gasteiger partial charge in [-0.2, -0.15) is 0 Å². The zero-order valence-electron chi connectivity index (χ0n) is 9.33. The van der Waals surface area contributed by atoms with E-state index in [2.05, 4.69) is 20.6 Å². The summed E-state index contributed by atoms with van der Waals surface area (Å²) in [6.45, 7) is 1.48. The molecule has 0 fully saturated rings. The number of hydrogen-bond acceptors (Lipinski definition) is 6. The second kappa shape index (κ2) is 4.44. The fraction of sp³-hybridized carbons (Fsp3) is 0.500. The molecule has 16 heavy (non-hydrogen) atoms. The van der Waals surface area contributed by atoms with Crippen molar-refractivity contribution in [2.75, 3.05) is 26.0 Å². The highest BCUT2D eigenvalue weighted by Crippen LogP contribution is 2.18. The van der Waals surface area contributed by atoms with E-state index in [0.29, 0.717) is 18.2 Å². The lowest BCUT2D eigenvalue weighted by Crippen LogP contribution is -2.28. The lowest BCUT2D eigenvalue weighted by molar-refractivity contribution is 0.0592. The number of carbonyl (C=O) groups excluding carboxylic acids is 1. The van der Waals surface area contributed by atoms with Gasteiger partial charge in [0.25, 0.3) is 0 Å². The minimum atomic E-state index is -0.418. The van der Waals surface area contributed by atoms with Crippen LogP contribution in [-0.2, 0) is 17.7 Å². The van der Waals surface area contributed by atoms with E-state index in [9.17, 15) is 4.79 Å². The smallest absolute Gasteiger partial charge is 0.357 e. The van der Waals surface area contributed by atoms with Crippen LogP contribution < -0.4 is 10.6 Å². The number of esters is 1. The minimum Gasteiger partial charge on any atom is -0.464 e. The number of hydrogen-bond donors (Lipinski definition) is 2. The van der Waals surface area contributed by atoms with E-state index in [1.165, 1.54) is 7.11 Å². The highest BCUT2D eigenvalue weighted by molar-refractivity contribution is 5.89. The normalized spacial score (nSPS) is 14.1. The number of nitrogens with zero attached hydrogens (tertiary/aromatic N) is 2. The van der Waals surface area contributed by atoms with Crippen molar-refractivity contribution < 1.29 is 9.53 Å². The van der Waals surface area contributed by atoms with Crippen LogP contribution in [0.4, 0.5) is 5.95 Å². The SMILES string of the molecule is CNc1nc2c(c(C(=O)OC)n1)CNCC2. The average molecular weight is 222 g/mol. The Morgan fingerprint density at radius 1 is 1.50 bits per heavy atom. The molecule has 0 aromatic carbocycles. The van der Waals surface area contributed by atoms with Crippen LogP contribution in [0.2, 0.25) is 0 Å². The van der Waals surface area contributed by atoms with E-state index < -0.39 is 5.97 Å². The van der Waals surface area contributed by atoms with Gasteiger partial charge in [-0.05, 0) is 0 Å². The summed E-state index contributed by atoms with van der Waals surface area (Å²) in [4.78, 5) is 20.1. The Morgan fingerprint density at radius 3 is 3.00 bits per heavy atom. The number of carbonyl (C=O) groups is 1. The van der Waals surface area contributed by atoms with Gasteiger partial charge in [-0.25, -0.2) is 14.8 Å². The summed E-state index contributed by atoms with van der Waals surface area (Å²) < 4.78 is 4.72. The average Bonchev–Trinajstić information content (AvgIpc) is 2.36. The first kappa shape index (κ1) is 10.8. The van der Waals surface area contributed by atoms with Crippen LogP contribution in [-0.4, -0.2) is 36.6 Å². The Kier molecular flexibility index (Phi) is 3.00. The molecule has 0 saturated carbocycles. The van der Waals surface area contributed by atoms with Gasteiger partial charge in [0, 0.05) is 32.1 Å². The van der Waals surface area contributed by atoms with Gasteiger partial charge in [0.15, 0.2) is 5.69 Å². The number of aromatic nitrogens is 2. The van der Waals surface area contributed by atoms with Crippen molar-refractivity contribution in [2.24, 2.45) is 0 Å². The van der Waals surface area contributed by atoms with Gasteiger partial charge in [0.2, 0.25) is 5.95 Å². The largest absolute Gasteiger partial charge is 0.464 e. The molecule has 0 aliphatic carbocycles. The minimum absolute atomic E-state index is 0.351. The number of fused-ring (bicyclic) bond motifs is 1. The lowest BCUT2D eigenvalue weighted by atomic mass is 10.1. The van der Waals surface area contributed by atoms with Crippen LogP contribution in [0.15, 0.2) is 0 Å². The Labute approximate surface area is 93.4 Å². The fourth-order valence-corrected chi connectivity index (χ4v) is 1.72. The first-order valence-electron chi connectivity index (χ1n) is 5.13. The number of anilines is 1. The molecule has 0 spiro atoms. The van der Waals surface area contributed by atoms with Gasteiger partial charge < -0.3 is 15.4 Å². The molecule has 0 atom stereocenters. The molecule has 2 rings (SSSR count). The first-order chi connectivity index (χ1) is 7.76. The van der Waals surface area contributed by atoms with E-state index in [1.54, 1.807) is 7.05 Å². The van der Waals surface area contributed by atoms with Gasteiger partial charge in [0.1, 0.15) is 0 Å². The maximum atomic E-state index is 11.6. The Morgan fingerprint density at radius 2 is 2.31 bits per heavy atom. The summed E-state index contributed by atoms with van der Waals surface area (Å²) in [5, 5.41) is 6.04. The highest BCUT2D eigenvalue weighted by Gasteiger charge is 2.22. The molecule has 1 aliphatic rings. The van der Waals surface area contributed by atoms with Crippen LogP contribution >= 0.6 is 0 Å². The lowest BCUT2D eigenvalue weighted by Gasteiger charge is -2.18. The number of nitrogens with one attached hydrogen (secondary N) is 2. The van der Waals surface area contributed by atoms with Gasteiger partial charge in [-0.3, -0.25) is 0 Å². The monoisotopic (exact) mass is 222 g/mol. The summed E-state index contributed by atoms with van der Waals surface area (Å²) in [5.41, 5.74) is 2.11. The molecule has 2 N–H and O–H groups in total. The van der Waals surface area contributed by atoms with Gasteiger partial charge >= 0.3 is 5.97 Å². The van der Waals surface area contributed by atoms with Gasteiger partial charge in [-0.1, -0.05) is 0 Å². The van der Waals surface area contributed by atoms with E-state index in [4.69, 9.17) is 4.74 Å². The predicted octanol–water partition coefficient (Wildman–Crippen LogP) is -0.0494. The highest BCUT2D eigenvalue weighted by atomic mass is 16.5. The summed E-state index contributed by atoms with van der Waals surface area (Å²) in [5.74, 6) is 0.0416. The molecular formula is C10H14N4O2. The summed E-state index contributed by atoms with van der Waals surface area (Å²) in [6, 6.07) is 0. The Bertz CT molecular complexity index is 420. The Balaban J connectivity index is 2.51. The van der Waals surface area contributed by atoms with Crippen LogP contribution in [0, 0.1) is 0 Å². The molecule has 1 aliphatic heterocycles. The quantitative estimate of drug-likeness (QED) is 0.683. The molecule has 6 nitrogen and oxygen atoms in total. The topological polar surface area (TPSA) is 76.1 Å². The van der Waals surface area contributed by atoms with Gasteiger partial charge in [-0.15, -0.1) is 0 Å². The van der Waals surface area contributed by atoms with Crippen molar-refractivity contribution in [1.82, 2.24) is 15.3 Å². The molecule has 1 aromatic rings. The molecule has 0 unspecified atom stereocenters. The molecule has 6 heteroatoms. The van der Waals surface area contributed by atoms with Crippen LogP contribution in [0.1, 0.15) is 21.7 Å². The first-order valence-corrected chi connectivity index (χ1v) is 5.13. The molecule has 0 bridgehead atoms. The molecule has 0 radical (unpaired) electrons. The zero-order valence-corrected chi connectivity index (χ0v) is 9.33. The maximum absolute atomic E-state index is 11.6. The number of ether oxygens (including phenoxy) is 1. The summed E-state index contributed by atoms with van der Waals surface area (Å²) >= 11 is 0. The second-order valence-corrected chi connectivity index (χ2v) is 3.49. The molecule has 1 aromatic heterocycles. The van der Waals surface area contributed by atoms with E-state index in [0.717, 1.165) is 24.2 Å². The standard InChI is InChI=1S/C10H14N4O2/c1-11-10-13-7-3-4-12-5-6(7)8(14-10)9(15)16-2/h12H,3-5H2,1-2H3,(H,11,13,14). The molecule has 2 heterocycles. The second-order valence-electron chi connectivity index (χ2n) is 3.49. The molecular weight excluding hydrogens is 208 g/mol. The third kappa shape index (κ3) is 1.83. The van der Waals surface area contributed by atoms with E-state index in [-0.39, 0.29) is 0 Å². The van der Waals surface area contributed by atoms with Crippen molar-refractivity contribution in [3.63, 3.8) is 0 Å².